The zero-order valence-electron chi connectivity index (χ0n) is 6.10. The average molecular weight is 185 g/mol. The van der Waals surface area contributed by atoms with Crippen LogP contribution in [0.2, 0.25) is 0 Å². The Bertz CT molecular complexity index is 292. The zero-order valence-corrected chi connectivity index (χ0v) is 6.91. The maximum Gasteiger partial charge on any atom is 0.309 e. The normalized spacial score (nSPS) is 11.5. The van der Waals surface area contributed by atoms with Gasteiger partial charge in [-0.15, -0.1) is 11.3 Å². The van der Waals surface area contributed by atoms with Crippen LogP contribution in [0.4, 0.5) is 0 Å². The quantitative estimate of drug-likeness (QED) is 0.425. The largest absolute Gasteiger partial charge is 0.481 e. The summed E-state index contributed by atoms with van der Waals surface area (Å²) in [6.07, 6.45) is -0.253. The van der Waals surface area contributed by atoms with Crippen molar-refractivity contribution in [2.24, 2.45) is 5.16 Å². The highest BCUT2D eigenvalue weighted by Gasteiger charge is 2.09. The van der Waals surface area contributed by atoms with E-state index >= 15 is 0 Å². The fraction of sp³-hybridized carbons (Fsp3) is 0.143. The molecule has 0 unspecified atom stereocenters. The van der Waals surface area contributed by atoms with Crippen LogP contribution in [0.25, 0.3) is 0 Å². The number of oxime groups is 1. The Morgan fingerprint density at radius 2 is 2.42 bits per heavy atom. The number of carboxylic acids is 1. The summed E-state index contributed by atoms with van der Waals surface area (Å²) in [4.78, 5) is 11.0. The molecule has 0 radical (unpaired) electrons. The van der Waals surface area contributed by atoms with Gasteiger partial charge in [-0.2, -0.15) is 0 Å². The summed E-state index contributed by atoms with van der Waals surface area (Å²) in [5.74, 6) is -1.00. The van der Waals surface area contributed by atoms with Crippen molar-refractivity contribution < 1.29 is 15.1 Å². The highest BCUT2D eigenvalue weighted by molar-refractivity contribution is 7.12. The van der Waals surface area contributed by atoms with Crippen molar-refractivity contribution in [3.63, 3.8) is 0 Å². The van der Waals surface area contributed by atoms with Crippen molar-refractivity contribution in [2.45, 2.75) is 6.42 Å². The van der Waals surface area contributed by atoms with Crippen molar-refractivity contribution in [3.8, 4) is 0 Å². The van der Waals surface area contributed by atoms with E-state index in [0.29, 0.717) is 4.88 Å². The third kappa shape index (κ3) is 2.06. The molecule has 1 rings (SSSR count). The molecule has 1 aromatic heterocycles. The Kier molecular flexibility index (Phi) is 2.82. The molecule has 0 aliphatic carbocycles. The number of hydrogen-bond donors (Lipinski definition) is 2. The van der Waals surface area contributed by atoms with E-state index in [0.717, 1.165) is 0 Å². The van der Waals surface area contributed by atoms with Gasteiger partial charge in [0.05, 0.1) is 11.3 Å². The molecule has 0 aromatic carbocycles. The molecular weight excluding hydrogens is 178 g/mol. The number of hydrogen-bond acceptors (Lipinski definition) is 4. The SMILES string of the molecule is O=C(O)C/C(=N/O)c1cccs1. The van der Waals surface area contributed by atoms with E-state index in [2.05, 4.69) is 5.16 Å². The van der Waals surface area contributed by atoms with Crippen LogP contribution in [0.5, 0.6) is 0 Å². The van der Waals surface area contributed by atoms with Gasteiger partial charge in [0, 0.05) is 0 Å². The Labute approximate surface area is 72.8 Å². The summed E-state index contributed by atoms with van der Waals surface area (Å²) < 4.78 is 0. The summed E-state index contributed by atoms with van der Waals surface area (Å²) in [6.45, 7) is 0. The van der Waals surface area contributed by atoms with E-state index in [4.69, 9.17) is 10.3 Å². The van der Waals surface area contributed by atoms with Gasteiger partial charge in [-0.1, -0.05) is 11.2 Å². The molecule has 1 heterocycles. The van der Waals surface area contributed by atoms with Crippen LogP contribution in [-0.2, 0) is 4.79 Å². The Morgan fingerprint density at radius 3 is 2.83 bits per heavy atom. The van der Waals surface area contributed by atoms with Crippen molar-refractivity contribution in [1.29, 1.82) is 0 Å². The monoisotopic (exact) mass is 185 g/mol. The van der Waals surface area contributed by atoms with Gasteiger partial charge in [0.25, 0.3) is 0 Å². The van der Waals surface area contributed by atoms with E-state index < -0.39 is 5.97 Å². The molecule has 5 heteroatoms. The lowest BCUT2D eigenvalue weighted by atomic mass is 10.2. The van der Waals surface area contributed by atoms with Crippen molar-refractivity contribution in [3.05, 3.63) is 22.4 Å². The van der Waals surface area contributed by atoms with Crippen LogP contribution in [-0.4, -0.2) is 22.0 Å². The number of carbonyl (C=O) groups is 1. The molecule has 0 aliphatic heterocycles. The molecule has 0 amide bonds. The van der Waals surface area contributed by atoms with Gasteiger partial charge >= 0.3 is 5.97 Å². The van der Waals surface area contributed by atoms with Gasteiger partial charge in [-0.3, -0.25) is 4.79 Å². The molecule has 12 heavy (non-hydrogen) atoms. The van der Waals surface area contributed by atoms with Gasteiger partial charge in [0.1, 0.15) is 5.71 Å². The summed E-state index contributed by atoms with van der Waals surface area (Å²) in [5, 5.41) is 21.6. The second kappa shape index (κ2) is 3.87. The summed E-state index contributed by atoms with van der Waals surface area (Å²) in [6, 6.07) is 3.48. The first-order chi connectivity index (χ1) is 5.74. The minimum absolute atomic E-state index is 0.192. The lowest BCUT2D eigenvalue weighted by Crippen LogP contribution is -2.06. The van der Waals surface area contributed by atoms with E-state index in [-0.39, 0.29) is 12.1 Å². The predicted molar refractivity (Wildman–Crippen MR) is 44.9 cm³/mol. The standard InChI is InChI=1S/C7H7NO3S/c9-7(10)4-5(8-11)6-2-1-3-12-6/h1-3,11H,4H2,(H,9,10)/b8-5-. The number of carboxylic acid groups (broad SMARTS) is 1. The second-order valence-electron chi connectivity index (χ2n) is 2.09. The fourth-order valence-corrected chi connectivity index (χ4v) is 1.47. The maximum atomic E-state index is 10.3. The van der Waals surface area contributed by atoms with Gasteiger partial charge in [0.2, 0.25) is 0 Å². The minimum atomic E-state index is -1.00. The maximum absolute atomic E-state index is 10.3. The molecule has 0 aliphatic rings. The molecule has 4 nitrogen and oxygen atoms in total. The molecule has 0 saturated heterocycles. The smallest absolute Gasteiger partial charge is 0.309 e. The van der Waals surface area contributed by atoms with Gasteiger partial charge in [-0.25, -0.2) is 0 Å². The van der Waals surface area contributed by atoms with Crippen LogP contribution in [0.3, 0.4) is 0 Å². The van der Waals surface area contributed by atoms with Gasteiger partial charge in [-0.05, 0) is 11.4 Å². The molecular formula is C7H7NO3S. The molecule has 0 atom stereocenters. The molecule has 64 valence electrons. The van der Waals surface area contributed by atoms with Crippen molar-refractivity contribution in [1.82, 2.24) is 0 Å². The third-order valence-electron chi connectivity index (χ3n) is 1.24. The Hall–Kier alpha value is -1.36. The number of aliphatic carboxylic acids is 1. The van der Waals surface area contributed by atoms with Crippen LogP contribution in [0, 0.1) is 0 Å². The van der Waals surface area contributed by atoms with E-state index in [1.165, 1.54) is 11.3 Å². The first kappa shape index (κ1) is 8.73. The fourth-order valence-electron chi connectivity index (χ4n) is 0.758. The van der Waals surface area contributed by atoms with E-state index in [1.807, 2.05) is 0 Å². The summed E-state index contributed by atoms with van der Waals surface area (Å²) in [7, 11) is 0. The first-order valence-electron chi connectivity index (χ1n) is 3.20. The summed E-state index contributed by atoms with van der Waals surface area (Å²) >= 11 is 1.34. The first-order valence-corrected chi connectivity index (χ1v) is 4.08. The van der Waals surface area contributed by atoms with Crippen LogP contribution in [0.15, 0.2) is 22.7 Å². The Morgan fingerprint density at radius 1 is 1.67 bits per heavy atom. The molecule has 2 N–H and O–H groups in total. The number of nitrogens with zero attached hydrogens (tertiary/aromatic N) is 1. The van der Waals surface area contributed by atoms with Crippen LogP contribution < -0.4 is 0 Å². The molecule has 0 bridgehead atoms. The lowest BCUT2D eigenvalue weighted by Gasteiger charge is -1.95. The molecule has 0 fully saturated rings. The van der Waals surface area contributed by atoms with Crippen molar-refractivity contribution >= 4 is 23.0 Å². The average Bonchev–Trinajstić information content (AvgIpc) is 2.51. The third-order valence-corrected chi connectivity index (χ3v) is 2.16. The zero-order chi connectivity index (χ0) is 8.97. The molecule has 1 aromatic rings. The topological polar surface area (TPSA) is 69.9 Å². The van der Waals surface area contributed by atoms with Gasteiger partial charge in [0.15, 0.2) is 0 Å². The highest BCUT2D eigenvalue weighted by Crippen LogP contribution is 2.11. The van der Waals surface area contributed by atoms with Crippen LogP contribution >= 0.6 is 11.3 Å². The number of thiophene rings is 1. The molecule has 0 spiro atoms. The van der Waals surface area contributed by atoms with Gasteiger partial charge < -0.3 is 10.3 Å². The van der Waals surface area contributed by atoms with E-state index in [9.17, 15) is 4.79 Å². The lowest BCUT2D eigenvalue weighted by molar-refractivity contribution is -0.135. The highest BCUT2D eigenvalue weighted by atomic mass is 32.1. The molecule has 0 saturated carbocycles. The van der Waals surface area contributed by atoms with E-state index in [1.54, 1.807) is 17.5 Å². The summed E-state index contributed by atoms with van der Waals surface area (Å²) in [5.41, 5.74) is 0.192. The Balaban J connectivity index is 2.78. The van der Waals surface area contributed by atoms with Crippen molar-refractivity contribution in [2.75, 3.05) is 0 Å². The minimum Gasteiger partial charge on any atom is -0.481 e. The predicted octanol–water partition coefficient (Wildman–Crippen LogP) is 1.40. The van der Waals surface area contributed by atoms with Crippen LogP contribution in [0.1, 0.15) is 11.3 Å². The second-order valence-corrected chi connectivity index (χ2v) is 3.04. The number of rotatable bonds is 3.